The number of rotatable bonds is 2. The Labute approximate surface area is 117 Å². The molecule has 0 amide bonds. The van der Waals surface area contributed by atoms with Gasteiger partial charge < -0.3 is 9.72 Å². The first-order valence-corrected chi connectivity index (χ1v) is 6.28. The molecular formula is C11H8BrClN2OS. The van der Waals surface area contributed by atoms with Gasteiger partial charge >= 0.3 is 0 Å². The van der Waals surface area contributed by atoms with Gasteiger partial charge in [-0.15, -0.1) is 0 Å². The zero-order valence-electron chi connectivity index (χ0n) is 8.83. The maximum absolute atomic E-state index is 5.90. The molecule has 2 rings (SSSR count). The first kappa shape index (κ1) is 12.5. The van der Waals surface area contributed by atoms with Gasteiger partial charge in [0.15, 0.2) is 0 Å². The second-order valence-electron chi connectivity index (χ2n) is 3.25. The number of aromatic amines is 1. The van der Waals surface area contributed by atoms with E-state index in [1.807, 2.05) is 6.07 Å². The van der Waals surface area contributed by atoms with E-state index < -0.39 is 0 Å². The lowest BCUT2D eigenvalue weighted by Gasteiger charge is -2.08. The Morgan fingerprint density at radius 3 is 2.88 bits per heavy atom. The Kier molecular flexibility index (Phi) is 3.81. The Morgan fingerprint density at radius 1 is 1.47 bits per heavy atom. The lowest BCUT2D eigenvalue weighted by Crippen LogP contribution is -1.93. The number of benzene rings is 1. The van der Waals surface area contributed by atoms with Gasteiger partial charge in [-0.25, -0.2) is 4.98 Å². The van der Waals surface area contributed by atoms with Gasteiger partial charge in [-0.2, -0.15) is 0 Å². The maximum atomic E-state index is 5.90. The van der Waals surface area contributed by atoms with Crippen LogP contribution in [0.25, 0.3) is 11.4 Å². The fourth-order valence-corrected chi connectivity index (χ4v) is 1.89. The van der Waals surface area contributed by atoms with Gasteiger partial charge in [0.2, 0.25) is 0 Å². The molecule has 1 heterocycles. The number of aromatic nitrogens is 2. The summed E-state index contributed by atoms with van der Waals surface area (Å²) in [6, 6.07) is 5.35. The van der Waals surface area contributed by atoms with Crippen LogP contribution in [0.5, 0.6) is 5.75 Å². The molecule has 1 aromatic heterocycles. The SMILES string of the molecule is COc1cc(Cl)ccc1-c1ncc(Br)c(=S)[nH]1. The minimum Gasteiger partial charge on any atom is -0.496 e. The van der Waals surface area contributed by atoms with Crippen molar-refractivity contribution >= 4 is 39.7 Å². The summed E-state index contributed by atoms with van der Waals surface area (Å²) in [6.07, 6.45) is 1.65. The molecule has 0 atom stereocenters. The number of halogens is 2. The standard InChI is InChI=1S/C11H8BrClN2OS/c1-16-9-4-6(13)2-3-7(9)10-14-5-8(12)11(17)15-10/h2-5H,1H3,(H,14,15,17). The van der Waals surface area contributed by atoms with Crippen molar-refractivity contribution in [1.82, 2.24) is 9.97 Å². The minimum atomic E-state index is 0.590. The fourth-order valence-electron chi connectivity index (χ4n) is 1.38. The molecule has 0 spiro atoms. The number of methoxy groups -OCH3 is 1. The fraction of sp³-hybridized carbons (Fsp3) is 0.0909. The van der Waals surface area contributed by atoms with Gasteiger partial charge in [0.1, 0.15) is 16.2 Å². The first-order valence-electron chi connectivity index (χ1n) is 4.70. The average molecular weight is 332 g/mol. The molecule has 1 N–H and O–H groups in total. The van der Waals surface area contributed by atoms with Crippen LogP contribution < -0.4 is 4.74 Å². The Morgan fingerprint density at radius 2 is 2.24 bits per heavy atom. The van der Waals surface area contributed by atoms with Crippen LogP contribution in [0, 0.1) is 4.64 Å². The van der Waals surface area contributed by atoms with Crippen LogP contribution in [0.4, 0.5) is 0 Å². The summed E-state index contributed by atoms with van der Waals surface area (Å²) < 4.78 is 6.60. The second kappa shape index (κ2) is 5.16. The van der Waals surface area contributed by atoms with Crippen LogP contribution in [0.2, 0.25) is 5.02 Å². The van der Waals surface area contributed by atoms with Crippen molar-refractivity contribution in [1.29, 1.82) is 0 Å². The summed E-state index contributed by atoms with van der Waals surface area (Å²) in [5.74, 6) is 1.30. The van der Waals surface area contributed by atoms with E-state index in [-0.39, 0.29) is 0 Å². The van der Waals surface area contributed by atoms with Crippen LogP contribution in [-0.2, 0) is 0 Å². The van der Waals surface area contributed by atoms with Crippen molar-refractivity contribution in [2.75, 3.05) is 7.11 Å². The molecule has 2 aromatic rings. The van der Waals surface area contributed by atoms with Gasteiger partial charge in [0.25, 0.3) is 0 Å². The van der Waals surface area contributed by atoms with Crippen molar-refractivity contribution in [2.24, 2.45) is 0 Å². The molecule has 1 aromatic carbocycles. The highest BCUT2D eigenvalue weighted by Gasteiger charge is 2.08. The van der Waals surface area contributed by atoms with Gasteiger partial charge in [0, 0.05) is 11.2 Å². The molecular weight excluding hydrogens is 324 g/mol. The normalized spacial score (nSPS) is 10.3. The van der Waals surface area contributed by atoms with E-state index in [1.54, 1.807) is 25.4 Å². The topological polar surface area (TPSA) is 37.9 Å². The third-order valence-electron chi connectivity index (χ3n) is 2.17. The van der Waals surface area contributed by atoms with Crippen LogP contribution in [0.1, 0.15) is 0 Å². The highest BCUT2D eigenvalue weighted by atomic mass is 79.9. The van der Waals surface area contributed by atoms with Crippen molar-refractivity contribution in [2.45, 2.75) is 0 Å². The third-order valence-corrected chi connectivity index (χ3v) is 3.60. The molecule has 0 aliphatic heterocycles. The summed E-state index contributed by atoms with van der Waals surface area (Å²) >= 11 is 14.3. The molecule has 0 fully saturated rings. The van der Waals surface area contributed by atoms with Gasteiger partial charge in [-0.05, 0) is 34.1 Å². The smallest absolute Gasteiger partial charge is 0.142 e. The lowest BCUT2D eigenvalue weighted by molar-refractivity contribution is 0.416. The van der Waals surface area contributed by atoms with Crippen molar-refractivity contribution in [3.63, 3.8) is 0 Å². The molecule has 0 aliphatic rings. The zero-order chi connectivity index (χ0) is 12.4. The second-order valence-corrected chi connectivity index (χ2v) is 4.95. The number of H-pyrrole nitrogens is 1. The number of hydrogen-bond acceptors (Lipinski definition) is 3. The summed E-state index contributed by atoms with van der Waals surface area (Å²) in [7, 11) is 1.59. The van der Waals surface area contributed by atoms with Crippen molar-refractivity contribution < 1.29 is 4.74 Å². The quantitative estimate of drug-likeness (QED) is 0.837. The predicted octanol–water partition coefficient (Wildman–Crippen LogP) is 4.23. The van der Waals surface area contributed by atoms with Crippen LogP contribution in [0.15, 0.2) is 28.9 Å². The van der Waals surface area contributed by atoms with E-state index in [2.05, 4.69) is 25.9 Å². The van der Waals surface area contributed by atoms with Gasteiger partial charge in [0.05, 0.1) is 17.1 Å². The minimum absolute atomic E-state index is 0.590. The van der Waals surface area contributed by atoms with E-state index in [0.717, 1.165) is 10.0 Å². The number of hydrogen-bond donors (Lipinski definition) is 1. The van der Waals surface area contributed by atoms with E-state index in [1.165, 1.54) is 0 Å². The predicted molar refractivity (Wildman–Crippen MR) is 74.1 cm³/mol. The monoisotopic (exact) mass is 330 g/mol. The highest BCUT2D eigenvalue weighted by Crippen LogP contribution is 2.30. The lowest BCUT2D eigenvalue weighted by atomic mass is 10.2. The van der Waals surface area contributed by atoms with Crippen molar-refractivity contribution in [3.05, 3.63) is 38.5 Å². The van der Waals surface area contributed by atoms with E-state index in [9.17, 15) is 0 Å². The molecule has 6 heteroatoms. The first-order chi connectivity index (χ1) is 8.11. The van der Waals surface area contributed by atoms with E-state index in [4.69, 9.17) is 28.6 Å². The molecule has 0 saturated heterocycles. The molecule has 3 nitrogen and oxygen atoms in total. The molecule has 0 aliphatic carbocycles. The van der Waals surface area contributed by atoms with Crippen LogP contribution in [0.3, 0.4) is 0 Å². The Hall–Kier alpha value is -0.910. The van der Waals surface area contributed by atoms with Gasteiger partial charge in [-0.3, -0.25) is 0 Å². The Bertz CT molecular complexity index is 615. The Balaban J connectivity index is 2.59. The zero-order valence-corrected chi connectivity index (χ0v) is 12.0. The van der Waals surface area contributed by atoms with E-state index in [0.29, 0.717) is 21.2 Å². The summed E-state index contributed by atoms with van der Waals surface area (Å²) in [5, 5.41) is 0.612. The molecule has 0 unspecified atom stereocenters. The molecule has 17 heavy (non-hydrogen) atoms. The molecule has 0 radical (unpaired) electrons. The number of ether oxygens (including phenoxy) is 1. The summed E-state index contributed by atoms with van der Waals surface area (Å²) in [4.78, 5) is 7.28. The third kappa shape index (κ3) is 2.68. The summed E-state index contributed by atoms with van der Waals surface area (Å²) in [5.41, 5.74) is 0.815. The van der Waals surface area contributed by atoms with Crippen molar-refractivity contribution in [3.8, 4) is 17.1 Å². The molecule has 88 valence electrons. The number of nitrogens with one attached hydrogen (secondary N) is 1. The van der Waals surface area contributed by atoms with E-state index >= 15 is 0 Å². The molecule has 0 bridgehead atoms. The summed E-state index contributed by atoms with van der Waals surface area (Å²) in [6.45, 7) is 0. The maximum Gasteiger partial charge on any atom is 0.142 e. The molecule has 0 saturated carbocycles. The largest absolute Gasteiger partial charge is 0.496 e. The average Bonchev–Trinajstić information content (AvgIpc) is 2.32. The highest BCUT2D eigenvalue weighted by molar-refractivity contribution is 9.10. The van der Waals surface area contributed by atoms with Crippen LogP contribution >= 0.6 is 39.7 Å². The van der Waals surface area contributed by atoms with Gasteiger partial charge in [-0.1, -0.05) is 23.8 Å². The van der Waals surface area contributed by atoms with Crippen LogP contribution in [-0.4, -0.2) is 17.1 Å². The number of nitrogens with zero attached hydrogens (tertiary/aromatic N) is 1.